The van der Waals surface area contributed by atoms with E-state index < -0.39 is 29.7 Å². The van der Waals surface area contributed by atoms with Crippen LogP contribution in [0.1, 0.15) is 48.0 Å². The van der Waals surface area contributed by atoms with Crippen molar-refractivity contribution < 1.29 is 31.9 Å². The molecule has 1 aromatic rings. The van der Waals surface area contributed by atoms with Gasteiger partial charge in [0.1, 0.15) is 6.10 Å². The van der Waals surface area contributed by atoms with Crippen LogP contribution in [0, 0.1) is 0 Å². The van der Waals surface area contributed by atoms with Gasteiger partial charge < -0.3 is 13.9 Å². The zero-order chi connectivity index (χ0) is 14.0. The number of oxazole rings is 1. The van der Waals surface area contributed by atoms with Crippen molar-refractivity contribution >= 4 is 5.97 Å². The molecule has 0 radical (unpaired) electrons. The second kappa shape index (κ2) is 5.20. The first-order valence-electron chi connectivity index (χ1n) is 5.80. The maximum absolute atomic E-state index is 12.8. The molecule has 1 aliphatic rings. The van der Waals surface area contributed by atoms with Crippen LogP contribution in [0.3, 0.4) is 0 Å². The molecule has 1 aromatic heterocycles. The molecular weight excluding hydrogens is 267 g/mol. The Morgan fingerprint density at radius 3 is 2.79 bits per heavy atom. The number of aromatic nitrogens is 1. The fourth-order valence-corrected chi connectivity index (χ4v) is 1.77. The fourth-order valence-electron chi connectivity index (χ4n) is 1.77. The van der Waals surface area contributed by atoms with E-state index in [0.29, 0.717) is 19.4 Å². The summed E-state index contributed by atoms with van der Waals surface area (Å²) >= 11 is 0. The molecule has 8 heteroatoms. The second-order valence-electron chi connectivity index (χ2n) is 3.95. The Morgan fingerprint density at radius 1 is 1.53 bits per heavy atom. The molecule has 1 atom stereocenters. The Morgan fingerprint density at radius 2 is 2.26 bits per heavy atom. The van der Waals surface area contributed by atoms with Crippen molar-refractivity contribution in [2.75, 3.05) is 13.2 Å². The van der Waals surface area contributed by atoms with Crippen LogP contribution in [0.25, 0.3) is 0 Å². The van der Waals surface area contributed by atoms with Gasteiger partial charge in [-0.15, -0.1) is 0 Å². The molecule has 0 bridgehead atoms. The largest absolute Gasteiger partial charge is 0.460 e. The van der Waals surface area contributed by atoms with Crippen LogP contribution in [-0.4, -0.2) is 24.2 Å². The quantitative estimate of drug-likeness (QED) is 0.796. The van der Waals surface area contributed by atoms with Crippen LogP contribution >= 0.6 is 0 Å². The summed E-state index contributed by atoms with van der Waals surface area (Å²) in [6, 6.07) is 0. The standard InChI is InChI=1S/C11H12F3NO4/c1-2-17-10(16)7-8(11(12,13)14)15-9(19-7)6-4-3-5-18-6/h6H,2-5H2,1H3. The smallest absolute Gasteiger partial charge is 0.437 e. The summed E-state index contributed by atoms with van der Waals surface area (Å²) in [6.45, 7) is 1.87. The summed E-state index contributed by atoms with van der Waals surface area (Å²) in [5.41, 5.74) is -1.36. The average Bonchev–Trinajstić information content (AvgIpc) is 2.97. The minimum absolute atomic E-state index is 0.0495. The molecule has 19 heavy (non-hydrogen) atoms. The van der Waals surface area contributed by atoms with Crippen LogP contribution < -0.4 is 0 Å². The molecule has 0 spiro atoms. The molecule has 0 aliphatic carbocycles. The molecule has 0 N–H and O–H groups in total. The van der Waals surface area contributed by atoms with Gasteiger partial charge in [0.25, 0.3) is 0 Å². The molecule has 1 aliphatic heterocycles. The number of nitrogens with zero attached hydrogens (tertiary/aromatic N) is 1. The first kappa shape index (κ1) is 13.9. The van der Waals surface area contributed by atoms with Crippen LogP contribution in [0.2, 0.25) is 0 Å². The van der Waals surface area contributed by atoms with Crippen LogP contribution in [0.5, 0.6) is 0 Å². The Balaban J connectivity index is 2.36. The third-order valence-corrected chi connectivity index (χ3v) is 2.58. The number of esters is 1. The zero-order valence-electron chi connectivity index (χ0n) is 10.1. The molecule has 5 nitrogen and oxygen atoms in total. The van der Waals surface area contributed by atoms with Crippen molar-refractivity contribution in [2.45, 2.75) is 32.0 Å². The maximum Gasteiger partial charge on any atom is 0.437 e. The van der Waals surface area contributed by atoms with E-state index in [1.54, 1.807) is 0 Å². The molecule has 1 unspecified atom stereocenters. The molecule has 1 fully saturated rings. The second-order valence-corrected chi connectivity index (χ2v) is 3.95. The number of rotatable bonds is 3. The van der Waals surface area contributed by atoms with Crippen molar-refractivity contribution in [3.63, 3.8) is 0 Å². The van der Waals surface area contributed by atoms with E-state index in [1.165, 1.54) is 6.92 Å². The third-order valence-electron chi connectivity index (χ3n) is 2.58. The highest BCUT2D eigenvalue weighted by atomic mass is 19.4. The summed E-state index contributed by atoms with van der Waals surface area (Å²) in [4.78, 5) is 14.8. The predicted octanol–water partition coefficient (Wildman–Crippen LogP) is 2.72. The van der Waals surface area contributed by atoms with Crippen molar-refractivity contribution in [1.29, 1.82) is 0 Å². The van der Waals surface area contributed by atoms with Gasteiger partial charge in [0, 0.05) is 6.61 Å². The number of hydrogen-bond donors (Lipinski definition) is 0. The van der Waals surface area contributed by atoms with E-state index >= 15 is 0 Å². The minimum Gasteiger partial charge on any atom is -0.460 e. The number of hydrogen-bond acceptors (Lipinski definition) is 5. The fraction of sp³-hybridized carbons (Fsp3) is 0.636. The molecule has 1 saturated heterocycles. The van der Waals surface area contributed by atoms with Gasteiger partial charge in [-0.3, -0.25) is 0 Å². The molecule has 2 rings (SSSR count). The van der Waals surface area contributed by atoms with Gasteiger partial charge in [-0.25, -0.2) is 9.78 Å². The van der Waals surface area contributed by atoms with Gasteiger partial charge >= 0.3 is 12.1 Å². The van der Waals surface area contributed by atoms with Gasteiger partial charge in [-0.1, -0.05) is 0 Å². The Hall–Kier alpha value is -1.57. The summed E-state index contributed by atoms with van der Waals surface area (Å²) in [5.74, 6) is -2.32. The highest BCUT2D eigenvalue weighted by Crippen LogP contribution is 2.36. The normalized spacial score (nSPS) is 19.7. The lowest BCUT2D eigenvalue weighted by molar-refractivity contribution is -0.141. The molecule has 0 aromatic carbocycles. The number of halogens is 3. The lowest BCUT2D eigenvalue weighted by Gasteiger charge is -2.03. The predicted molar refractivity (Wildman–Crippen MR) is 55.4 cm³/mol. The van der Waals surface area contributed by atoms with E-state index in [9.17, 15) is 18.0 Å². The van der Waals surface area contributed by atoms with E-state index in [2.05, 4.69) is 9.72 Å². The topological polar surface area (TPSA) is 61.6 Å². The summed E-state index contributed by atoms with van der Waals surface area (Å²) < 4.78 is 53.0. The van der Waals surface area contributed by atoms with Crippen LogP contribution in [0.4, 0.5) is 13.2 Å². The minimum atomic E-state index is -4.78. The highest BCUT2D eigenvalue weighted by Gasteiger charge is 2.43. The number of carbonyl (C=O) groups is 1. The lowest BCUT2D eigenvalue weighted by atomic mass is 10.2. The van der Waals surface area contributed by atoms with Gasteiger partial charge in [0.05, 0.1) is 6.61 Å². The summed E-state index contributed by atoms with van der Waals surface area (Å²) in [5, 5.41) is 0. The lowest BCUT2D eigenvalue weighted by Crippen LogP contribution is -2.14. The van der Waals surface area contributed by atoms with E-state index in [4.69, 9.17) is 9.15 Å². The summed E-state index contributed by atoms with van der Waals surface area (Å²) in [7, 11) is 0. The van der Waals surface area contributed by atoms with E-state index in [-0.39, 0.29) is 12.5 Å². The monoisotopic (exact) mass is 279 g/mol. The average molecular weight is 279 g/mol. The maximum atomic E-state index is 12.8. The number of alkyl halides is 3. The SMILES string of the molecule is CCOC(=O)c1oc(C2CCCO2)nc1C(F)(F)F. The first-order chi connectivity index (χ1) is 8.93. The van der Waals surface area contributed by atoms with Gasteiger partial charge in [-0.2, -0.15) is 13.2 Å². The number of ether oxygens (including phenoxy) is 2. The molecule has 2 heterocycles. The Labute approximate surface area is 106 Å². The molecule has 0 saturated carbocycles. The van der Waals surface area contributed by atoms with Gasteiger partial charge in [0.2, 0.25) is 11.7 Å². The molecule has 0 amide bonds. The van der Waals surface area contributed by atoms with Crippen molar-refractivity contribution in [2.24, 2.45) is 0 Å². The van der Waals surface area contributed by atoms with E-state index in [0.717, 1.165) is 0 Å². The van der Waals surface area contributed by atoms with E-state index in [1.807, 2.05) is 0 Å². The van der Waals surface area contributed by atoms with Crippen LogP contribution in [0.15, 0.2) is 4.42 Å². The Bertz CT molecular complexity index is 463. The van der Waals surface area contributed by atoms with Crippen LogP contribution in [-0.2, 0) is 15.7 Å². The first-order valence-corrected chi connectivity index (χ1v) is 5.80. The summed E-state index contributed by atoms with van der Waals surface area (Å²) in [6.07, 6.45) is -4.18. The number of carbonyl (C=O) groups excluding carboxylic acids is 1. The van der Waals surface area contributed by atoms with Gasteiger partial charge in [0.15, 0.2) is 5.69 Å². The molecular formula is C11H12F3NO4. The third kappa shape index (κ3) is 2.89. The van der Waals surface area contributed by atoms with Crippen molar-refractivity contribution in [3.8, 4) is 0 Å². The highest BCUT2D eigenvalue weighted by molar-refractivity contribution is 5.87. The molecule has 106 valence electrons. The Kier molecular flexibility index (Phi) is 3.79. The zero-order valence-corrected chi connectivity index (χ0v) is 10.1. The van der Waals surface area contributed by atoms with Crippen molar-refractivity contribution in [3.05, 3.63) is 17.3 Å². The van der Waals surface area contributed by atoms with Gasteiger partial charge in [-0.05, 0) is 19.8 Å². The van der Waals surface area contributed by atoms with Crippen molar-refractivity contribution in [1.82, 2.24) is 4.98 Å².